The molecule has 0 saturated heterocycles. The molecule has 1 saturated carbocycles. The van der Waals surface area contributed by atoms with E-state index in [2.05, 4.69) is 17.0 Å². The first kappa shape index (κ1) is 15.3. The van der Waals surface area contributed by atoms with Crippen LogP contribution >= 0.6 is 0 Å². The maximum atomic E-state index is 12.0. The second kappa shape index (κ2) is 6.59. The van der Waals surface area contributed by atoms with Gasteiger partial charge in [0, 0.05) is 18.3 Å². The molecule has 20 heavy (non-hydrogen) atoms. The van der Waals surface area contributed by atoms with Crippen LogP contribution in [0.2, 0.25) is 0 Å². The quantitative estimate of drug-likeness (QED) is 0.813. The summed E-state index contributed by atoms with van der Waals surface area (Å²) in [5, 5.41) is 3.45. The lowest BCUT2D eigenvalue weighted by molar-refractivity contribution is 0.285. The minimum absolute atomic E-state index is 0.327. The molecule has 1 aromatic rings. The van der Waals surface area contributed by atoms with Gasteiger partial charge in [-0.3, -0.25) is 0 Å². The molecule has 1 aliphatic rings. The van der Waals surface area contributed by atoms with Gasteiger partial charge in [0.05, 0.1) is 4.90 Å². The van der Waals surface area contributed by atoms with E-state index in [4.69, 9.17) is 0 Å². The second-order valence-electron chi connectivity index (χ2n) is 5.55. The summed E-state index contributed by atoms with van der Waals surface area (Å²) in [4.78, 5) is 0.327. The molecule has 1 atom stereocenters. The molecule has 0 heterocycles. The van der Waals surface area contributed by atoms with Crippen LogP contribution in [0, 0.1) is 5.92 Å². The van der Waals surface area contributed by atoms with Crippen LogP contribution in [0.15, 0.2) is 29.2 Å². The summed E-state index contributed by atoms with van der Waals surface area (Å²) in [6.07, 6.45) is 4.71. The van der Waals surface area contributed by atoms with E-state index in [0.717, 1.165) is 18.0 Å². The molecule has 0 aromatic heterocycles. The largest absolute Gasteiger partial charge is 0.382 e. The molecule has 1 unspecified atom stereocenters. The van der Waals surface area contributed by atoms with Crippen LogP contribution in [0.1, 0.15) is 39.5 Å². The Morgan fingerprint density at radius 1 is 1.25 bits per heavy atom. The molecular weight excluding hydrogens is 272 g/mol. The minimum Gasteiger partial charge on any atom is -0.382 e. The zero-order chi connectivity index (χ0) is 14.6. The summed E-state index contributed by atoms with van der Waals surface area (Å²) in [7, 11) is -3.36. The van der Waals surface area contributed by atoms with E-state index >= 15 is 0 Å². The zero-order valence-corrected chi connectivity index (χ0v) is 13.0. The van der Waals surface area contributed by atoms with Gasteiger partial charge in [-0.2, -0.15) is 0 Å². The van der Waals surface area contributed by atoms with Crippen LogP contribution in [0.5, 0.6) is 0 Å². The molecule has 2 rings (SSSR count). The van der Waals surface area contributed by atoms with Gasteiger partial charge in [0.2, 0.25) is 10.0 Å². The number of nitrogens with one attached hydrogen (secondary N) is 2. The number of hydrogen-bond donors (Lipinski definition) is 2. The summed E-state index contributed by atoms with van der Waals surface area (Å²) >= 11 is 0. The van der Waals surface area contributed by atoms with Gasteiger partial charge in [0.25, 0.3) is 0 Å². The van der Waals surface area contributed by atoms with Crippen LogP contribution in [0.25, 0.3) is 0 Å². The Hall–Kier alpha value is -1.07. The molecule has 0 bridgehead atoms. The first-order valence-electron chi connectivity index (χ1n) is 7.39. The highest BCUT2D eigenvalue weighted by Gasteiger charge is 2.23. The standard InChI is InChI=1S/C15H24N2O2S/c1-3-11-16-20(18,19)15-9-7-14(8-10-15)17-12(2)13-5-4-6-13/h7-10,12-13,16-17H,3-6,11H2,1-2H3. The Morgan fingerprint density at radius 2 is 1.90 bits per heavy atom. The summed E-state index contributed by atoms with van der Waals surface area (Å²) in [5.41, 5.74) is 0.985. The van der Waals surface area contributed by atoms with Gasteiger partial charge in [-0.25, -0.2) is 13.1 Å². The van der Waals surface area contributed by atoms with E-state index in [1.54, 1.807) is 12.1 Å². The van der Waals surface area contributed by atoms with E-state index in [-0.39, 0.29) is 0 Å². The maximum Gasteiger partial charge on any atom is 0.240 e. The van der Waals surface area contributed by atoms with E-state index in [0.29, 0.717) is 17.5 Å². The van der Waals surface area contributed by atoms with Crippen molar-refractivity contribution in [3.63, 3.8) is 0 Å². The van der Waals surface area contributed by atoms with E-state index in [1.807, 2.05) is 19.1 Å². The van der Waals surface area contributed by atoms with Crippen molar-refractivity contribution in [2.75, 3.05) is 11.9 Å². The fourth-order valence-corrected chi connectivity index (χ4v) is 3.50. The number of hydrogen-bond acceptors (Lipinski definition) is 3. The number of sulfonamides is 1. The van der Waals surface area contributed by atoms with Crippen molar-refractivity contribution in [3.8, 4) is 0 Å². The van der Waals surface area contributed by atoms with Crippen molar-refractivity contribution in [1.82, 2.24) is 4.72 Å². The normalized spacial score (nSPS) is 17.5. The Kier molecular flexibility index (Phi) is 5.05. The third-order valence-electron chi connectivity index (χ3n) is 3.96. The van der Waals surface area contributed by atoms with Crippen molar-refractivity contribution in [3.05, 3.63) is 24.3 Å². The van der Waals surface area contributed by atoms with Crippen molar-refractivity contribution in [2.45, 2.75) is 50.5 Å². The molecule has 1 fully saturated rings. The molecular formula is C15H24N2O2S. The van der Waals surface area contributed by atoms with E-state index in [9.17, 15) is 8.42 Å². The number of benzene rings is 1. The summed E-state index contributed by atoms with van der Waals surface area (Å²) < 4.78 is 26.5. The topological polar surface area (TPSA) is 58.2 Å². The molecule has 0 spiro atoms. The molecule has 112 valence electrons. The van der Waals surface area contributed by atoms with Gasteiger partial charge >= 0.3 is 0 Å². The summed E-state index contributed by atoms with van der Waals surface area (Å²) in [5.74, 6) is 0.754. The summed E-state index contributed by atoms with van der Waals surface area (Å²) in [6, 6.07) is 7.46. The molecule has 0 aliphatic heterocycles. The average Bonchev–Trinajstić information content (AvgIpc) is 2.35. The predicted molar refractivity (Wildman–Crippen MR) is 82.3 cm³/mol. The Balaban J connectivity index is 1.98. The van der Waals surface area contributed by atoms with Crippen LogP contribution in [-0.4, -0.2) is 21.0 Å². The highest BCUT2D eigenvalue weighted by Crippen LogP contribution is 2.31. The fourth-order valence-electron chi connectivity index (χ4n) is 2.37. The van der Waals surface area contributed by atoms with E-state index < -0.39 is 10.0 Å². The molecule has 4 nitrogen and oxygen atoms in total. The van der Waals surface area contributed by atoms with Crippen molar-refractivity contribution >= 4 is 15.7 Å². The number of anilines is 1. The Morgan fingerprint density at radius 3 is 2.40 bits per heavy atom. The zero-order valence-electron chi connectivity index (χ0n) is 12.2. The van der Waals surface area contributed by atoms with Gasteiger partial charge in [-0.05, 0) is 56.4 Å². The van der Waals surface area contributed by atoms with Crippen LogP contribution < -0.4 is 10.0 Å². The van der Waals surface area contributed by atoms with Crippen LogP contribution in [-0.2, 0) is 10.0 Å². The third-order valence-corrected chi connectivity index (χ3v) is 5.43. The van der Waals surface area contributed by atoms with Crippen molar-refractivity contribution in [2.24, 2.45) is 5.92 Å². The number of rotatable bonds is 7. The molecule has 1 aliphatic carbocycles. The SMILES string of the molecule is CCCNS(=O)(=O)c1ccc(NC(C)C2CCC2)cc1. The maximum absolute atomic E-state index is 12.0. The average molecular weight is 296 g/mol. The second-order valence-corrected chi connectivity index (χ2v) is 7.31. The lowest BCUT2D eigenvalue weighted by atomic mass is 9.80. The van der Waals surface area contributed by atoms with Gasteiger partial charge in [-0.15, -0.1) is 0 Å². The molecule has 5 heteroatoms. The van der Waals surface area contributed by atoms with Gasteiger partial charge in [-0.1, -0.05) is 13.3 Å². The van der Waals surface area contributed by atoms with Crippen LogP contribution in [0.3, 0.4) is 0 Å². The molecule has 2 N–H and O–H groups in total. The van der Waals surface area contributed by atoms with Gasteiger partial charge in [0.15, 0.2) is 0 Å². The highest BCUT2D eigenvalue weighted by atomic mass is 32.2. The van der Waals surface area contributed by atoms with Gasteiger partial charge in [0.1, 0.15) is 0 Å². The molecule has 1 aromatic carbocycles. The van der Waals surface area contributed by atoms with E-state index in [1.165, 1.54) is 19.3 Å². The highest BCUT2D eigenvalue weighted by molar-refractivity contribution is 7.89. The molecule has 0 radical (unpaired) electrons. The van der Waals surface area contributed by atoms with Gasteiger partial charge < -0.3 is 5.32 Å². The lowest BCUT2D eigenvalue weighted by Crippen LogP contribution is -2.30. The Bertz CT molecular complexity index is 521. The predicted octanol–water partition coefficient (Wildman–Crippen LogP) is 2.98. The smallest absolute Gasteiger partial charge is 0.240 e. The minimum atomic E-state index is -3.36. The third kappa shape index (κ3) is 3.73. The fraction of sp³-hybridized carbons (Fsp3) is 0.600. The monoisotopic (exact) mass is 296 g/mol. The van der Waals surface area contributed by atoms with Crippen molar-refractivity contribution < 1.29 is 8.42 Å². The lowest BCUT2D eigenvalue weighted by Gasteiger charge is -2.32. The Labute approximate surface area is 122 Å². The first-order chi connectivity index (χ1) is 9.53. The molecule has 0 amide bonds. The summed E-state index contributed by atoms with van der Waals surface area (Å²) in [6.45, 7) is 4.61. The first-order valence-corrected chi connectivity index (χ1v) is 8.87. The van der Waals surface area contributed by atoms with Crippen molar-refractivity contribution in [1.29, 1.82) is 0 Å². The van der Waals surface area contributed by atoms with Crippen LogP contribution in [0.4, 0.5) is 5.69 Å².